The van der Waals surface area contributed by atoms with Crippen molar-refractivity contribution in [3.63, 3.8) is 0 Å². The molecule has 1 aromatic rings. The lowest BCUT2D eigenvalue weighted by atomic mass is 10.4. The molecular weight excluding hydrogens is 210 g/mol. The number of nitrogens with zero attached hydrogens (tertiary/aromatic N) is 3. The van der Waals surface area contributed by atoms with Crippen LogP contribution in [0.2, 0.25) is 0 Å². The van der Waals surface area contributed by atoms with Gasteiger partial charge in [0, 0.05) is 26.6 Å². The van der Waals surface area contributed by atoms with Gasteiger partial charge in [0.05, 0.1) is 0 Å². The number of hydrogen-bond acceptors (Lipinski definition) is 3. The Morgan fingerprint density at radius 1 is 1.47 bits per heavy atom. The second-order valence-electron chi connectivity index (χ2n) is 3.29. The van der Waals surface area contributed by atoms with Gasteiger partial charge in [0.1, 0.15) is 12.2 Å². The molecule has 1 aromatic heterocycles. The van der Waals surface area contributed by atoms with Crippen molar-refractivity contribution in [2.45, 2.75) is 19.8 Å². The molecule has 0 aromatic carbocycles. The maximum Gasteiger partial charge on any atom is 0.166 e. The van der Waals surface area contributed by atoms with Crippen LogP contribution in [0.15, 0.2) is 6.33 Å². The molecule has 0 atom stereocenters. The van der Waals surface area contributed by atoms with Crippen molar-refractivity contribution >= 4 is 17.3 Å². The Bertz CT molecular complexity index is 309. The molecule has 0 radical (unpaired) electrons. The maximum absolute atomic E-state index is 5.08. The Kier molecular flexibility index (Phi) is 5.03. The fraction of sp³-hybridized carbons (Fsp3) is 0.667. The van der Waals surface area contributed by atoms with Crippen molar-refractivity contribution < 1.29 is 0 Å². The van der Waals surface area contributed by atoms with E-state index in [1.807, 2.05) is 11.6 Å². The number of rotatable bonds is 5. The quantitative estimate of drug-likeness (QED) is 0.705. The van der Waals surface area contributed by atoms with Crippen molar-refractivity contribution in [2.24, 2.45) is 7.05 Å². The minimum absolute atomic E-state index is 0.707. The number of aromatic nitrogens is 3. The lowest BCUT2D eigenvalue weighted by molar-refractivity contribution is 0.734. The molecule has 0 unspecified atom stereocenters. The van der Waals surface area contributed by atoms with Crippen LogP contribution in [0.25, 0.3) is 0 Å². The summed E-state index contributed by atoms with van der Waals surface area (Å²) in [5.41, 5.74) is 0. The molecule has 0 aliphatic rings. The van der Waals surface area contributed by atoms with Gasteiger partial charge >= 0.3 is 0 Å². The average molecular weight is 227 g/mol. The summed E-state index contributed by atoms with van der Waals surface area (Å²) in [6.45, 7) is 3.80. The number of thiocarbonyl (C=S) groups is 1. The van der Waals surface area contributed by atoms with E-state index in [0.717, 1.165) is 31.8 Å². The molecule has 1 heterocycles. The zero-order chi connectivity index (χ0) is 11.1. The van der Waals surface area contributed by atoms with E-state index in [1.165, 1.54) is 0 Å². The van der Waals surface area contributed by atoms with Gasteiger partial charge < -0.3 is 15.2 Å². The average Bonchev–Trinajstić information content (AvgIpc) is 2.61. The highest BCUT2D eigenvalue weighted by Crippen LogP contribution is 1.90. The van der Waals surface area contributed by atoms with E-state index in [1.54, 1.807) is 6.33 Å². The van der Waals surface area contributed by atoms with Crippen LogP contribution < -0.4 is 10.6 Å². The van der Waals surface area contributed by atoms with E-state index >= 15 is 0 Å². The molecule has 5 nitrogen and oxygen atoms in total. The molecule has 6 heteroatoms. The van der Waals surface area contributed by atoms with Gasteiger partial charge in [-0.2, -0.15) is 0 Å². The maximum atomic E-state index is 5.08. The molecule has 0 saturated heterocycles. The second kappa shape index (κ2) is 6.34. The van der Waals surface area contributed by atoms with Crippen molar-refractivity contribution in [2.75, 3.05) is 13.1 Å². The first-order chi connectivity index (χ1) is 7.24. The molecule has 0 spiro atoms. The summed E-state index contributed by atoms with van der Waals surface area (Å²) < 4.78 is 1.91. The van der Waals surface area contributed by atoms with Crippen molar-refractivity contribution in [3.05, 3.63) is 12.2 Å². The van der Waals surface area contributed by atoms with E-state index in [0.29, 0.717) is 5.11 Å². The van der Waals surface area contributed by atoms with Gasteiger partial charge in [-0.15, -0.1) is 10.2 Å². The lowest BCUT2D eigenvalue weighted by Crippen LogP contribution is -2.36. The third kappa shape index (κ3) is 4.24. The van der Waals surface area contributed by atoms with Crippen LogP contribution in [0, 0.1) is 0 Å². The van der Waals surface area contributed by atoms with Crippen LogP contribution in [0.3, 0.4) is 0 Å². The van der Waals surface area contributed by atoms with Crippen LogP contribution >= 0.6 is 12.2 Å². The van der Waals surface area contributed by atoms with Gasteiger partial charge in [-0.05, 0) is 18.6 Å². The summed E-state index contributed by atoms with van der Waals surface area (Å²) in [5, 5.41) is 14.7. The van der Waals surface area contributed by atoms with E-state index < -0.39 is 0 Å². The molecule has 0 fully saturated rings. The van der Waals surface area contributed by atoms with Crippen LogP contribution in [0.5, 0.6) is 0 Å². The third-order valence-electron chi connectivity index (χ3n) is 1.97. The summed E-state index contributed by atoms with van der Waals surface area (Å²) in [5.74, 6) is 0.959. The summed E-state index contributed by atoms with van der Waals surface area (Å²) in [6.07, 6.45) is 3.60. The van der Waals surface area contributed by atoms with E-state index in [2.05, 4.69) is 27.8 Å². The van der Waals surface area contributed by atoms with E-state index in [4.69, 9.17) is 12.2 Å². The third-order valence-corrected chi connectivity index (χ3v) is 2.26. The molecule has 84 valence electrons. The van der Waals surface area contributed by atoms with Crippen molar-refractivity contribution in [3.8, 4) is 0 Å². The van der Waals surface area contributed by atoms with Crippen LogP contribution in [-0.4, -0.2) is 33.0 Å². The Balaban J connectivity index is 2.16. The summed E-state index contributed by atoms with van der Waals surface area (Å²) in [4.78, 5) is 0. The SMILES string of the molecule is CCCNC(=S)NCCc1nncn1C. The normalized spacial score (nSPS) is 10.0. The number of hydrogen-bond donors (Lipinski definition) is 2. The fourth-order valence-electron chi connectivity index (χ4n) is 1.12. The summed E-state index contributed by atoms with van der Waals surface area (Å²) in [6, 6.07) is 0. The highest BCUT2D eigenvalue weighted by atomic mass is 32.1. The first-order valence-corrected chi connectivity index (χ1v) is 5.49. The van der Waals surface area contributed by atoms with Crippen molar-refractivity contribution in [1.82, 2.24) is 25.4 Å². The molecule has 0 aliphatic heterocycles. The van der Waals surface area contributed by atoms with Crippen LogP contribution in [-0.2, 0) is 13.5 Å². The van der Waals surface area contributed by atoms with Gasteiger partial charge in [0.2, 0.25) is 0 Å². The monoisotopic (exact) mass is 227 g/mol. The second-order valence-corrected chi connectivity index (χ2v) is 3.70. The van der Waals surface area contributed by atoms with Gasteiger partial charge in [-0.3, -0.25) is 0 Å². The minimum atomic E-state index is 0.707. The van der Waals surface area contributed by atoms with Gasteiger partial charge in [0.15, 0.2) is 5.11 Å². The number of nitrogens with one attached hydrogen (secondary N) is 2. The fourth-order valence-corrected chi connectivity index (χ4v) is 1.33. The number of aryl methyl sites for hydroxylation is 1. The first kappa shape index (κ1) is 11.9. The molecule has 0 aliphatic carbocycles. The zero-order valence-electron chi connectivity index (χ0n) is 9.16. The standard InChI is InChI=1S/C9H17N5S/c1-3-5-10-9(15)11-6-4-8-13-12-7-14(8)2/h7H,3-6H2,1-2H3,(H2,10,11,15). The molecule has 15 heavy (non-hydrogen) atoms. The van der Waals surface area contributed by atoms with Crippen LogP contribution in [0.1, 0.15) is 19.2 Å². The Morgan fingerprint density at radius 2 is 2.20 bits per heavy atom. The Hall–Kier alpha value is -1.17. The first-order valence-electron chi connectivity index (χ1n) is 5.08. The van der Waals surface area contributed by atoms with Gasteiger partial charge in [-0.25, -0.2) is 0 Å². The lowest BCUT2D eigenvalue weighted by Gasteiger charge is -2.08. The molecule has 1 rings (SSSR count). The Morgan fingerprint density at radius 3 is 2.80 bits per heavy atom. The summed E-state index contributed by atoms with van der Waals surface area (Å²) >= 11 is 5.08. The molecule has 0 amide bonds. The largest absolute Gasteiger partial charge is 0.363 e. The highest BCUT2D eigenvalue weighted by molar-refractivity contribution is 7.80. The summed E-state index contributed by atoms with van der Waals surface area (Å²) in [7, 11) is 1.93. The molecular formula is C9H17N5S. The van der Waals surface area contributed by atoms with E-state index in [-0.39, 0.29) is 0 Å². The predicted molar refractivity (Wildman–Crippen MR) is 63.6 cm³/mol. The van der Waals surface area contributed by atoms with Crippen LogP contribution in [0.4, 0.5) is 0 Å². The topological polar surface area (TPSA) is 54.8 Å². The smallest absolute Gasteiger partial charge is 0.166 e. The minimum Gasteiger partial charge on any atom is -0.363 e. The molecule has 0 bridgehead atoms. The molecule has 2 N–H and O–H groups in total. The van der Waals surface area contributed by atoms with E-state index in [9.17, 15) is 0 Å². The molecule has 0 saturated carbocycles. The Labute approximate surface area is 95.3 Å². The van der Waals surface area contributed by atoms with Crippen molar-refractivity contribution in [1.29, 1.82) is 0 Å². The predicted octanol–water partition coefficient (Wildman–Crippen LogP) is 0.232. The zero-order valence-corrected chi connectivity index (χ0v) is 9.97. The highest BCUT2D eigenvalue weighted by Gasteiger charge is 2.00. The van der Waals surface area contributed by atoms with Gasteiger partial charge in [0.25, 0.3) is 0 Å². The van der Waals surface area contributed by atoms with Gasteiger partial charge in [-0.1, -0.05) is 6.92 Å².